The summed E-state index contributed by atoms with van der Waals surface area (Å²) in [4.78, 5) is 0. The predicted molar refractivity (Wildman–Crippen MR) is 52.6 cm³/mol. The molecular weight excluding hydrogens is 151 g/mol. The number of allylic oxidation sites excluding steroid dienone is 5. The number of hydrogen-bond donors (Lipinski definition) is 0. The summed E-state index contributed by atoms with van der Waals surface area (Å²) in [7, 11) is 0. The Balaban J connectivity index is 4.85. The van der Waals surface area contributed by atoms with Crippen molar-refractivity contribution in [3.63, 3.8) is 0 Å². The van der Waals surface area contributed by atoms with Crippen LogP contribution in [0.2, 0.25) is 0 Å². The molecule has 0 bridgehead atoms. The van der Waals surface area contributed by atoms with E-state index in [0.717, 1.165) is 5.57 Å². The van der Waals surface area contributed by atoms with Crippen molar-refractivity contribution in [2.45, 2.75) is 27.7 Å². The van der Waals surface area contributed by atoms with Gasteiger partial charge in [-0.2, -0.15) is 0 Å². The van der Waals surface area contributed by atoms with Crippen LogP contribution in [0.25, 0.3) is 0 Å². The highest BCUT2D eigenvalue weighted by Gasteiger charge is 2.04. The molecule has 0 aliphatic rings. The first kappa shape index (κ1) is 11.2. The molecule has 0 nitrogen and oxygen atoms in total. The number of halogens is 1. The molecule has 0 aliphatic heterocycles. The minimum absolute atomic E-state index is 0.167. The summed E-state index contributed by atoms with van der Waals surface area (Å²) >= 11 is 0. The molecule has 0 amide bonds. The third-order valence-electron chi connectivity index (χ3n) is 1.53. The van der Waals surface area contributed by atoms with E-state index in [4.69, 9.17) is 0 Å². The summed E-state index contributed by atoms with van der Waals surface area (Å²) < 4.78 is 13.3. The zero-order valence-corrected chi connectivity index (χ0v) is 8.32. The lowest BCUT2D eigenvalue weighted by Crippen LogP contribution is -1.92. The molecule has 0 unspecified atom stereocenters. The highest BCUT2D eigenvalue weighted by molar-refractivity contribution is 5.30. The van der Waals surface area contributed by atoms with Gasteiger partial charge in [-0.25, -0.2) is 4.39 Å². The van der Waals surface area contributed by atoms with E-state index in [9.17, 15) is 4.39 Å². The van der Waals surface area contributed by atoms with Gasteiger partial charge in [0.1, 0.15) is 5.83 Å². The molecule has 0 saturated heterocycles. The minimum Gasteiger partial charge on any atom is -0.207 e. The zero-order valence-electron chi connectivity index (χ0n) is 8.32. The van der Waals surface area contributed by atoms with Gasteiger partial charge >= 0.3 is 0 Å². The minimum atomic E-state index is -0.167. The second-order valence-electron chi connectivity index (χ2n) is 3.38. The van der Waals surface area contributed by atoms with Gasteiger partial charge in [0.25, 0.3) is 0 Å². The third kappa shape index (κ3) is 3.51. The van der Waals surface area contributed by atoms with E-state index in [1.807, 2.05) is 27.7 Å². The van der Waals surface area contributed by atoms with E-state index in [1.54, 1.807) is 6.08 Å². The van der Waals surface area contributed by atoms with Crippen LogP contribution < -0.4 is 0 Å². The molecule has 0 rings (SSSR count). The first-order chi connectivity index (χ1) is 5.49. The lowest BCUT2D eigenvalue weighted by Gasteiger charge is -2.06. The van der Waals surface area contributed by atoms with Gasteiger partial charge in [0, 0.05) is 0 Å². The molecular formula is C11H17F. The van der Waals surface area contributed by atoms with Crippen LogP contribution in [0.3, 0.4) is 0 Å². The van der Waals surface area contributed by atoms with Gasteiger partial charge in [0.2, 0.25) is 0 Å². The van der Waals surface area contributed by atoms with Crippen LogP contribution >= 0.6 is 0 Å². The molecule has 12 heavy (non-hydrogen) atoms. The summed E-state index contributed by atoms with van der Waals surface area (Å²) in [5.74, 6) is 0.0260. The molecule has 0 aliphatic carbocycles. The fourth-order valence-corrected chi connectivity index (χ4v) is 0.946. The van der Waals surface area contributed by atoms with E-state index in [0.29, 0.717) is 5.57 Å². The lowest BCUT2D eigenvalue weighted by atomic mass is 10.0. The predicted octanol–water partition coefficient (Wildman–Crippen LogP) is 4.02. The Morgan fingerprint density at radius 2 is 1.83 bits per heavy atom. The summed E-state index contributed by atoms with van der Waals surface area (Å²) in [5, 5.41) is 0. The topological polar surface area (TPSA) is 0 Å². The first-order valence-electron chi connectivity index (χ1n) is 4.16. The van der Waals surface area contributed by atoms with Crippen molar-refractivity contribution in [1.29, 1.82) is 0 Å². The Morgan fingerprint density at radius 3 is 2.08 bits per heavy atom. The van der Waals surface area contributed by atoms with E-state index < -0.39 is 0 Å². The average molecular weight is 168 g/mol. The number of rotatable bonds is 3. The van der Waals surface area contributed by atoms with Crippen molar-refractivity contribution in [1.82, 2.24) is 0 Å². The fraction of sp³-hybridized carbons (Fsp3) is 0.455. The zero-order chi connectivity index (χ0) is 9.72. The van der Waals surface area contributed by atoms with Gasteiger partial charge in [-0.15, -0.1) is 0 Å². The average Bonchev–Trinajstić information content (AvgIpc) is 1.85. The highest BCUT2D eigenvalue weighted by Crippen LogP contribution is 2.18. The van der Waals surface area contributed by atoms with E-state index in [2.05, 4.69) is 6.58 Å². The summed E-state index contributed by atoms with van der Waals surface area (Å²) in [6, 6.07) is 0. The Bertz CT molecular complexity index is 215. The van der Waals surface area contributed by atoms with Gasteiger partial charge in [-0.1, -0.05) is 32.1 Å². The molecule has 68 valence electrons. The summed E-state index contributed by atoms with van der Waals surface area (Å²) in [6.07, 6.45) is 3.12. The van der Waals surface area contributed by atoms with Crippen LogP contribution in [-0.2, 0) is 0 Å². The summed E-state index contributed by atoms with van der Waals surface area (Å²) in [6.45, 7) is 11.2. The molecule has 0 atom stereocenters. The molecule has 0 fully saturated rings. The van der Waals surface area contributed by atoms with Crippen LogP contribution in [0.5, 0.6) is 0 Å². The Hall–Kier alpha value is -0.850. The Kier molecular flexibility index (Phi) is 4.57. The largest absolute Gasteiger partial charge is 0.207 e. The Labute approximate surface area is 74.5 Å². The van der Waals surface area contributed by atoms with E-state index in [-0.39, 0.29) is 11.7 Å². The van der Waals surface area contributed by atoms with Crippen LogP contribution in [-0.4, -0.2) is 0 Å². The SMILES string of the molecule is C=C/C(=C(/F)C=C(C)C)C(C)C. The van der Waals surface area contributed by atoms with Crippen molar-refractivity contribution in [2.24, 2.45) is 5.92 Å². The second-order valence-corrected chi connectivity index (χ2v) is 3.38. The molecule has 0 aromatic heterocycles. The maximum atomic E-state index is 13.3. The van der Waals surface area contributed by atoms with Crippen molar-refractivity contribution < 1.29 is 4.39 Å². The fourth-order valence-electron chi connectivity index (χ4n) is 0.946. The van der Waals surface area contributed by atoms with Gasteiger partial charge < -0.3 is 0 Å². The molecule has 0 radical (unpaired) electrons. The van der Waals surface area contributed by atoms with Crippen molar-refractivity contribution >= 4 is 0 Å². The Morgan fingerprint density at radius 1 is 1.33 bits per heavy atom. The maximum absolute atomic E-state index is 13.3. The van der Waals surface area contributed by atoms with Gasteiger partial charge in [-0.05, 0) is 31.4 Å². The van der Waals surface area contributed by atoms with E-state index >= 15 is 0 Å². The normalized spacial score (nSPS) is 12.5. The van der Waals surface area contributed by atoms with Crippen molar-refractivity contribution in [2.75, 3.05) is 0 Å². The molecule has 0 N–H and O–H groups in total. The van der Waals surface area contributed by atoms with Crippen LogP contribution in [0.1, 0.15) is 27.7 Å². The van der Waals surface area contributed by atoms with Gasteiger partial charge in [0.05, 0.1) is 0 Å². The van der Waals surface area contributed by atoms with Crippen LogP contribution in [0.15, 0.2) is 35.7 Å². The first-order valence-corrected chi connectivity index (χ1v) is 4.16. The number of hydrogen-bond acceptors (Lipinski definition) is 0. The molecule has 0 aromatic carbocycles. The van der Waals surface area contributed by atoms with Crippen molar-refractivity contribution in [3.8, 4) is 0 Å². The van der Waals surface area contributed by atoms with Crippen molar-refractivity contribution in [3.05, 3.63) is 35.7 Å². The monoisotopic (exact) mass is 168 g/mol. The van der Waals surface area contributed by atoms with Gasteiger partial charge in [0.15, 0.2) is 0 Å². The van der Waals surface area contributed by atoms with E-state index in [1.165, 1.54) is 6.08 Å². The quantitative estimate of drug-likeness (QED) is 0.558. The van der Waals surface area contributed by atoms with Crippen LogP contribution in [0, 0.1) is 5.92 Å². The lowest BCUT2D eigenvalue weighted by molar-refractivity contribution is 0.627. The summed E-state index contributed by atoms with van der Waals surface area (Å²) in [5.41, 5.74) is 1.64. The second kappa shape index (κ2) is 4.91. The smallest absolute Gasteiger partial charge is 0.126 e. The maximum Gasteiger partial charge on any atom is 0.126 e. The molecule has 0 aromatic rings. The molecule has 0 heterocycles. The standard InChI is InChI=1S/C11H17F/c1-6-10(9(4)5)11(12)7-8(2)3/h6-7,9H,1H2,2-5H3/b11-10-. The van der Waals surface area contributed by atoms with Crippen LogP contribution in [0.4, 0.5) is 4.39 Å². The van der Waals surface area contributed by atoms with Gasteiger partial charge in [-0.3, -0.25) is 0 Å². The third-order valence-corrected chi connectivity index (χ3v) is 1.53. The highest BCUT2D eigenvalue weighted by atomic mass is 19.1. The molecule has 0 saturated carbocycles. The molecule has 0 spiro atoms. The molecule has 1 heteroatoms.